The van der Waals surface area contributed by atoms with E-state index in [0.29, 0.717) is 17.6 Å². The first-order valence-electron chi connectivity index (χ1n) is 8.03. The SMILES string of the molecule is Nc1ccc(NC(=O)CN2CCC3(CCCC3)CC2)cc1. The van der Waals surface area contributed by atoms with Crippen molar-refractivity contribution < 1.29 is 4.79 Å². The molecule has 114 valence electrons. The van der Waals surface area contributed by atoms with Gasteiger partial charge in [-0.15, -0.1) is 0 Å². The third kappa shape index (κ3) is 3.56. The molecule has 1 saturated heterocycles. The summed E-state index contributed by atoms with van der Waals surface area (Å²) < 4.78 is 0. The summed E-state index contributed by atoms with van der Waals surface area (Å²) >= 11 is 0. The molecule has 1 heterocycles. The fourth-order valence-electron chi connectivity index (χ4n) is 3.78. The first-order chi connectivity index (χ1) is 10.2. The molecule has 4 nitrogen and oxygen atoms in total. The quantitative estimate of drug-likeness (QED) is 0.840. The molecule has 0 radical (unpaired) electrons. The van der Waals surface area contributed by atoms with Crippen LogP contribution >= 0.6 is 0 Å². The molecular formula is C17H25N3O. The van der Waals surface area contributed by atoms with Gasteiger partial charge in [0, 0.05) is 11.4 Å². The number of likely N-dealkylation sites (tertiary alicyclic amines) is 1. The molecule has 0 aromatic heterocycles. The van der Waals surface area contributed by atoms with E-state index in [4.69, 9.17) is 5.73 Å². The second kappa shape index (κ2) is 6.06. The third-order valence-electron chi connectivity index (χ3n) is 5.14. The Kier molecular flexibility index (Phi) is 4.15. The monoisotopic (exact) mass is 287 g/mol. The number of carbonyl (C=O) groups is 1. The minimum Gasteiger partial charge on any atom is -0.399 e. The highest BCUT2D eigenvalue weighted by atomic mass is 16.2. The van der Waals surface area contributed by atoms with E-state index < -0.39 is 0 Å². The van der Waals surface area contributed by atoms with Crippen LogP contribution in [0.2, 0.25) is 0 Å². The van der Waals surface area contributed by atoms with E-state index in [-0.39, 0.29) is 5.91 Å². The van der Waals surface area contributed by atoms with Crippen LogP contribution in [0, 0.1) is 5.41 Å². The molecule has 1 aliphatic carbocycles. The summed E-state index contributed by atoms with van der Waals surface area (Å²) in [6.45, 7) is 2.63. The Morgan fingerprint density at radius 1 is 1.10 bits per heavy atom. The highest BCUT2D eigenvalue weighted by Gasteiger charge is 2.37. The van der Waals surface area contributed by atoms with E-state index in [2.05, 4.69) is 10.2 Å². The largest absolute Gasteiger partial charge is 0.399 e. The summed E-state index contributed by atoms with van der Waals surface area (Å²) in [5.74, 6) is 0.0714. The normalized spacial score (nSPS) is 21.5. The highest BCUT2D eigenvalue weighted by Crippen LogP contribution is 2.45. The zero-order chi connectivity index (χ0) is 14.7. The van der Waals surface area contributed by atoms with Gasteiger partial charge in [0.05, 0.1) is 6.54 Å². The van der Waals surface area contributed by atoms with Crippen LogP contribution in [0.4, 0.5) is 11.4 Å². The zero-order valence-electron chi connectivity index (χ0n) is 12.6. The number of nitrogen functional groups attached to an aromatic ring is 1. The van der Waals surface area contributed by atoms with Crippen molar-refractivity contribution in [2.45, 2.75) is 38.5 Å². The standard InChI is InChI=1S/C17H25N3O/c18-14-3-5-15(6-4-14)19-16(21)13-20-11-9-17(10-12-20)7-1-2-8-17/h3-6H,1-2,7-13,18H2,(H,19,21). The van der Waals surface area contributed by atoms with Crippen molar-refractivity contribution in [2.24, 2.45) is 5.41 Å². The summed E-state index contributed by atoms with van der Waals surface area (Å²) in [4.78, 5) is 14.4. The molecule has 2 fully saturated rings. The molecule has 0 unspecified atom stereocenters. The average Bonchev–Trinajstić information content (AvgIpc) is 2.93. The van der Waals surface area contributed by atoms with Gasteiger partial charge in [0.15, 0.2) is 0 Å². The van der Waals surface area contributed by atoms with E-state index in [0.717, 1.165) is 18.8 Å². The van der Waals surface area contributed by atoms with Gasteiger partial charge < -0.3 is 11.1 Å². The van der Waals surface area contributed by atoms with Gasteiger partial charge in [-0.05, 0) is 68.5 Å². The lowest BCUT2D eigenvalue weighted by Crippen LogP contribution is -2.42. The van der Waals surface area contributed by atoms with Crippen LogP contribution in [-0.2, 0) is 4.79 Å². The first kappa shape index (κ1) is 14.4. The van der Waals surface area contributed by atoms with Gasteiger partial charge in [0.1, 0.15) is 0 Å². The Morgan fingerprint density at radius 2 is 1.71 bits per heavy atom. The van der Waals surface area contributed by atoms with E-state index in [9.17, 15) is 4.79 Å². The van der Waals surface area contributed by atoms with Crippen LogP contribution in [0.15, 0.2) is 24.3 Å². The van der Waals surface area contributed by atoms with Gasteiger partial charge in [0.2, 0.25) is 5.91 Å². The van der Waals surface area contributed by atoms with Crippen molar-refractivity contribution in [3.63, 3.8) is 0 Å². The number of carbonyl (C=O) groups excluding carboxylic acids is 1. The Labute approximate surface area is 126 Å². The molecule has 1 aromatic carbocycles. The number of benzene rings is 1. The lowest BCUT2D eigenvalue weighted by molar-refractivity contribution is -0.117. The fourth-order valence-corrected chi connectivity index (χ4v) is 3.78. The Balaban J connectivity index is 1.46. The molecule has 2 aliphatic rings. The predicted molar refractivity (Wildman–Crippen MR) is 86.1 cm³/mol. The number of nitrogens with one attached hydrogen (secondary N) is 1. The number of hydrogen-bond donors (Lipinski definition) is 2. The molecule has 1 aromatic rings. The number of rotatable bonds is 3. The predicted octanol–water partition coefficient (Wildman–Crippen LogP) is 2.86. The van der Waals surface area contributed by atoms with Gasteiger partial charge in [-0.2, -0.15) is 0 Å². The van der Waals surface area contributed by atoms with Gasteiger partial charge in [0.25, 0.3) is 0 Å². The maximum absolute atomic E-state index is 12.1. The second-order valence-corrected chi connectivity index (χ2v) is 6.65. The molecule has 1 amide bonds. The van der Waals surface area contributed by atoms with E-state index in [1.165, 1.54) is 38.5 Å². The zero-order valence-corrected chi connectivity index (χ0v) is 12.6. The lowest BCUT2D eigenvalue weighted by Gasteiger charge is -2.39. The Bertz CT molecular complexity index is 481. The van der Waals surface area contributed by atoms with Crippen molar-refractivity contribution in [1.82, 2.24) is 4.90 Å². The van der Waals surface area contributed by atoms with Gasteiger partial charge in [-0.1, -0.05) is 12.8 Å². The topological polar surface area (TPSA) is 58.4 Å². The third-order valence-corrected chi connectivity index (χ3v) is 5.14. The fraction of sp³-hybridized carbons (Fsp3) is 0.588. The molecule has 0 atom stereocenters. The molecule has 1 spiro atoms. The van der Waals surface area contributed by atoms with Crippen molar-refractivity contribution >= 4 is 17.3 Å². The van der Waals surface area contributed by atoms with Crippen LogP contribution in [0.3, 0.4) is 0 Å². The molecule has 21 heavy (non-hydrogen) atoms. The average molecular weight is 287 g/mol. The number of amides is 1. The first-order valence-corrected chi connectivity index (χ1v) is 8.03. The van der Waals surface area contributed by atoms with Crippen molar-refractivity contribution in [3.05, 3.63) is 24.3 Å². The van der Waals surface area contributed by atoms with Crippen molar-refractivity contribution in [3.8, 4) is 0 Å². The van der Waals surface area contributed by atoms with Gasteiger partial charge >= 0.3 is 0 Å². The number of nitrogens with zero attached hydrogens (tertiary/aromatic N) is 1. The smallest absolute Gasteiger partial charge is 0.238 e. The van der Waals surface area contributed by atoms with Crippen molar-refractivity contribution in [2.75, 3.05) is 30.7 Å². The number of hydrogen-bond acceptors (Lipinski definition) is 3. The molecule has 4 heteroatoms. The molecule has 3 rings (SSSR count). The number of anilines is 2. The van der Waals surface area contributed by atoms with Crippen LogP contribution in [0.5, 0.6) is 0 Å². The Morgan fingerprint density at radius 3 is 2.33 bits per heavy atom. The molecular weight excluding hydrogens is 262 g/mol. The summed E-state index contributed by atoms with van der Waals surface area (Å²) in [5, 5.41) is 2.94. The van der Waals surface area contributed by atoms with Crippen LogP contribution < -0.4 is 11.1 Å². The maximum Gasteiger partial charge on any atom is 0.238 e. The molecule has 1 aliphatic heterocycles. The van der Waals surface area contributed by atoms with E-state index >= 15 is 0 Å². The minimum absolute atomic E-state index is 0.0714. The second-order valence-electron chi connectivity index (χ2n) is 6.65. The number of nitrogens with two attached hydrogens (primary N) is 1. The van der Waals surface area contributed by atoms with E-state index in [1.54, 1.807) is 12.1 Å². The van der Waals surface area contributed by atoms with Crippen LogP contribution in [0.1, 0.15) is 38.5 Å². The van der Waals surface area contributed by atoms with Gasteiger partial charge in [-0.3, -0.25) is 9.69 Å². The van der Waals surface area contributed by atoms with Gasteiger partial charge in [-0.25, -0.2) is 0 Å². The maximum atomic E-state index is 12.1. The van der Waals surface area contributed by atoms with Crippen molar-refractivity contribution in [1.29, 1.82) is 0 Å². The minimum atomic E-state index is 0.0714. The lowest BCUT2D eigenvalue weighted by atomic mass is 9.77. The molecule has 1 saturated carbocycles. The summed E-state index contributed by atoms with van der Waals surface area (Å²) in [6.07, 6.45) is 8.14. The highest BCUT2D eigenvalue weighted by molar-refractivity contribution is 5.92. The Hall–Kier alpha value is -1.55. The number of piperidine rings is 1. The molecule has 0 bridgehead atoms. The summed E-state index contributed by atoms with van der Waals surface area (Å²) in [6, 6.07) is 7.30. The van der Waals surface area contributed by atoms with Crippen LogP contribution in [0.25, 0.3) is 0 Å². The van der Waals surface area contributed by atoms with E-state index in [1.807, 2.05) is 12.1 Å². The van der Waals surface area contributed by atoms with Crippen LogP contribution in [-0.4, -0.2) is 30.4 Å². The summed E-state index contributed by atoms with van der Waals surface area (Å²) in [7, 11) is 0. The summed E-state index contributed by atoms with van der Waals surface area (Å²) in [5.41, 5.74) is 7.79. The molecule has 3 N–H and O–H groups in total.